The molecule has 0 spiro atoms. The molecule has 1 saturated carbocycles. The third-order valence-electron chi connectivity index (χ3n) is 4.76. The van der Waals surface area contributed by atoms with Crippen molar-refractivity contribution < 1.29 is 13.7 Å². The smallest absolute Gasteiger partial charge is 0.269 e. The summed E-state index contributed by atoms with van der Waals surface area (Å²) in [4.78, 5) is 21.2. The highest BCUT2D eigenvalue weighted by atomic mass is 35.5. The molecule has 3 aromatic rings. The van der Waals surface area contributed by atoms with Crippen LogP contribution in [0.15, 0.2) is 40.9 Å². The predicted octanol–water partition coefficient (Wildman–Crippen LogP) is 4.16. The van der Waals surface area contributed by atoms with Crippen LogP contribution in [0.3, 0.4) is 0 Å². The first-order chi connectivity index (χ1) is 13.5. The molecule has 28 heavy (non-hydrogen) atoms. The van der Waals surface area contributed by atoms with Gasteiger partial charge in [-0.05, 0) is 43.0 Å². The van der Waals surface area contributed by atoms with Crippen molar-refractivity contribution in [3.05, 3.63) is 64.6 Å². The van der Waals surface area contributed by atoms with Crippen LogP contribution < -0.4 is 5.32 Å². The summed E-state index contributed by atoms with van der Waals surface area (Å²) in [5, 5.41) is 6.89. The highest BCUT2D eigenvalue weighted by molar-refractivity contribution is 6.31. The van der Waals surface area contributed by atoms with Gasteiger partial charge in [-0.1, -0.05) is 28.9 Å². The van der Waals surface area contributed by atoms with Crippen LogP contribution in [0.5, 0.6) is 0 Å². The van der Waals surface area contributed by atoms with Crippen molar-refractivity contribution in [1.29, 1.82) is 0 Å². The molecule has 0 unspecified atom stereocenters. The van der Waals surface area contributed by atoms with E-state index in [0.29, 0.717) is 29.9 Å². The average Bonchev–Trinajstić information content (AvgIpc) is 3.44. The van der Waals surface area contributed by atoms with Gasteiger partial charge in [-0.15, -0.1) is 0 Å². The maximum Gasteiger partial charge on any atom is 0.269 e. The maximum atomic E-state index is 14.3. The van der Waals surface area contributed by atoms with Crippen LogP contribution in [0.2, 0.25) is 5.02 Å². The summed E-state index contributed by atoms with van der Waals surface area (Å²) in [6.45, 7) is 2.13. The Morgan fingerprint density at radius 2 is 2.07 bits per heavy atom. The number of aromatic nitrogens is 3. The van der Waals surface area contributed by atoms with Crippen LogP contribution in [0, 0.1) is 18.7 Å². The molecule has 0 aliphatic heterocycles. The number of carbonyl (C=O) groups is 1. The van der Waals surface area contributed by atoms with E-state index in [1.54, 1.807) is 37.3 Å². The van der Waals surface area contributed by atoms with Gasteiger partial charge in [0.05, 0.1) is 10.7 Å². The number of nitrogens with zero attached hydrogens (tertiary/aromatic N) is 3. The van der Waals surface area contributed by atoms with E-state index in [0.717, 1.165) is 12.8 Å². The first kappa shape index (κ1) is 18.6. The maximum absolute atomic E-state index is 14.3. The number of hydrogen-bond donors (Lipinski definition) is 1. The normalized spacial score (nSPS) is 14.7. The molecule has 144 valence electrons. The van der Waals surface area contributed by atoms with Crippen molar-refractivity contribution >= 4 is 17.5 Å². The fourth-order valence-corrected chi connectivity index (χ4v) is 3.31. The number of aryl methyl sites for hydroxylation is 1. The lowest BCUT2D eigenvalue weighted by molar-refractivity contribution is 0.0944. The van der Waals surface area contributed by atoms with Gasteiger partial charge in [0.1, 0.15) is 5.69 Å². The fourth-order valence-electron chi connectivity index (χ4n) is 3.14. The van der Waals surface area contributed by atoms with Gasteiger partial charge in [0.2, 0.25) is 5.89 Å². The van der Waals surface area contributed by atoms with Crippen LogP contribution in [0.4, 0.5) is 4.39 Å². The molecule has 8 heteroatoms. The Morgan fingerprint density at radius 3 is 2.79 bits per heavy atom. The van der Waals surface area contributed by atoms with Crippen molar-refractivity contribution in [3.8, 4) is 11.3 Å². The number of halogens is 2. The summed E-state index contributed by atoms with van der Waals surface area (Å²) >= 11 is 5.84. The number of hydrogen-bond acceptors (Lipinski definition) is 5. The summed E-state index contributed by atoms with van der Waals surface area (Å²) in [7, 11) is 0. The van der Waals surface area contributed by atoms with Crippen molar-refractivity contribution in [1.82, 2.24) is 20.4 Å². The lowest BCUT2D eigenvalue weighted by atomic mass is 10.0. The Kier molecular flexibility index (Phi) is 5.09. The van der Waals surface area contributed by atoms with Crippen molar-refractivity contribution in [3.63, 3.8) is 0 Å². The molecule has 2 heterocycles. The molecule has 4 rings (SSSR count). The highest BCUT2D eigenvalue weighted by Gasteiger charge is 2.35. The monoisotopic (exact) mass is 400 g/mol. The summed E-state index contributed by atoms with van der Waals surface area (Å²) < 4.78 is 19.3. The summed E-state index contributed by atoms with van der Waals surface area (Å²) in [6.07, 6.45) is 2.16. The van der Waals surface area contributed by atoms with Crippen LogP contribution in [-0.4, -0.2) is 27.6 Å². The zero-order valence-electron chi connectivity index (χ0n) is 15.2. The zero-order chi connectivity index (χ0) is 19.7. The number of amides is 1. The van der Waals surface area contributed by atoms with E-state index in [1.807, 2.05) is 0 Å². The number of nitrogens with one attached hydrogen (secondary N) is 1. The molecule has 0 saturated heterocycles. The van der Waals surface area contributed by atoms with Crippen LogP contribution >= 0.6 is 11.6 Å². The van der Waals surface area contributed by atoms with Gasteiger partial charge in [-0.25, -0.2) is 9.37 Å². The van der Waals surface area contributed by atoms with Crippen LogP contribution in [0.1, 0.15) is 41.0 Å². The first-order valence-electron chi connectivity index (χ1n) is 9.03. The van der Waals surface area contributed by atoms with Crippen molar-refractivity contribution in [2.75, 3.05) is 6.54 Å². The van der Waals surface area contributed by atoms with Gasteiger partial charge < -0.3 is 9.84 Å². The molecule has 1 N–H and O–H groups in total. The number of pyridine rings is 1. The third kappa shape index (κ3) is 3.89. The SMILES string of the molecule is Cc1nc([C@H](CNC(=O)c2cccc(-c3cccc(Cl)c3F)n2)C2CC2)no1. The summed E-state index contributed by atoms with van der Waals surface area (Å²) in [6, 6.07) is 9.58. The van der Waals surface area contributed by atoms with E-state index < -0.39 is 5.82 Å². The molecule has 1 aromatic carbocycles. The molecule has 1 aliphatic carbocycles. The van der Waals surface area contributed by atoms with Gasteiger partial charge in [0.25, 0.3) is 5.91 Å². The minimum atomic E-state index is -0.560. The van der Waals surface area contributed by atoms with E-state index in [4.69, 9.17) is 16.1 Å². The Balaban J connectivity index is 1.50. The zero-order valence-corrected chi connectivity index (χ0v) is 15.9. The van der Waals surface area contributed by atoms with Gasteiger partial charge >= 0.3 is 0 Å². The Labute approximate surface area is 166 Å². The molecule has 0 bridgehead atoms. The van der Waals surface area contributed by atoms with E-state index >= 15 is 0 Å². The van der Waals surface area contributed by atoms with E-state index in [2.05, 4.69) is 20.4 Å². The van der Waals surface area contributed by atoms with Crippen molar-refractivity contribution in [2.45, 2.75) is 25.7 Å². The number of carbonyl (C=O) groups excluding carboxylic acids is 1. The topological polar surface area (TPSA) is 80.9 Å². The molecule has 1 atom stereocenters. The number of rotatable bonds is 6. The van der Waals surface area contributed by atoms with E-state index in [-0.39, 0.29) is 28.1 Å². The second-order valence-corrected chi connectivity index (χ2v) is 7.24. The van der Waals surface area contributed by atoms with Crippen LogP contribution in [0.25, 0.3) is 11.3 Å². The predicted molar refractivity (Wildman–Crippen MR) is 101 cm³/mol. The average molecular weight is 401 g/mol. The highest BCUT2D eigenvalue weighted by Crippen LogP contribution is 2.41. The third-order valence-corrected chi connectivity index (χ3v) is 5.05. The van der Waals surface area contributed by atoms with Crippen molar-refractivity contribution in [2.24, 2.45) is 5.92 Å². The largest absolute Gasteiger partial charge is 0.350 e. The second-order valence-electron chi connectivity index (χ2n) is 6.83. The van der Waals surface area contributed by atoms with Gasteiger partial charge in [-0.3, -0.25) is 4.79 Å². The van der Waals surface area contributed by atoms with Crippen LogP contribution in [-0.2, 0) is 0 Å². The molecule has 1 fully saturated rings. The molecular formula is C20H18ClFN4O2. The fraction of sp³-hybridized carbons (Fsp3) is 0.300. The Bertz CT molecular complexity index is 1020. The minimum Gasteiger partial charge on any atom is -0.350 e. The second kappa shape index (κ2) is 7.67. The molecule has 1 aliphatic rings. The van der Waals surface area contributed by atoms with Gasteiger partial charge in [-0.2, -0.15) is 4.98 Å². The lowest BCUT2D eigenvalue weighted by Gasteiger charge is -2.13. The quantitative estimate of drug-likeness (QED) is 0.672. The van der Waals surface area contributed by atoms with E-state index in [9.17, 15) is 9.18 Å². The molecular weight excluding hydrogens is 383 g/mol. The molecule has 6 nitrogen and oxygen atoms in total. The number of benzene rings is 1. The Morgan fingerprint density at radius 1 is 1.29 bits per heavy atom. The van der Waals surface area contributed by atoms with Gasteiger partial charge in [0.15, 0.2) is 11.6 Å². The molecule has 0 radical (unpaired) electrons. The Hall–Kier alpha value is -2.80. The van der Waals surface area contributed by atoms with E-state index in [1.165, 1.54) is 6.07 Å². The lowest BCUT2D eigenvalue weighted by Crippen LogP contribution is -2.30. The minimum absolute atomic E-state index is 0.00922. The first-order valence-corrected chi connectivity index (χ1v) is 9.40. The molecule has 1 amide bonds. The summed E-state index contributed by atoms with van der Waals surface area (Å²) in [5.74, 6) is 0.672. The standard InChI is InChI=1S/C20H18ClFN4O2/c1-11-24-19(26-28-11)14(12-8-9-12)10-23-20(27)17-7-3-6-16(25-17)13-4-2-5-15(21)18(13)22/h2-7,12,14H,8-10H2,1H3,(H,23,27)/t14-/m1/s1. The summed E-state index contributed by atoms with van der Waals surface area (Å²) in [5.41, 5.74) is 0.802. The van der Waals surface area contributed by atoms with Gasteiger partial charge in [0, 0.05) is 24.9 Å². The molecule has 2 aromatic heterocycles.